The predicted molar refractivity (Wildman–Crippen MR) is 91.1 cm³/mol. The largest absolute Gasteiger partial charge is 0.416 e. The first-order chi connectivity index (χ1) is 12.3. The maximum atomic E-state index is 12.7. The van der Waals surface area contributed by atoms with E-state index >= 15 is 0 Å². The van der Waals surface area contributed by atoms with Crippen molar-refractivity contribution in [2.75, 3.05) is 5.43 Å². The second-order valence-electron chi connectivity index (χ2n) is 5.28. The van der Waals surface area contributed by atoms with Crippen molar-refractivity contribution >= 4 is 23.2 Å². The van der Waals surface area contributed by atoms with Gasteiger partial charge in [0.2, 0.25) is 0 Å². The number of anilines is 1. The number of nitrogens with zero attached hydrogens (tertiary/aromatic N) is 2. The van der Waals surface area contributed by atoms with Crippen LogP contribution in [-0.4, -0.2) is 15.7 Å². The number of nitrogens with one attached hydrogen (secondary N) is 2. The van der Waals surface area contributed by atoms with Crippen molar-refractivity contribution in [3.8, 4) is 5.69 Å². The third-order valence-corrected chi connectivity index (χ3v) is 3.64. The molecule has 1 aromatic heterocycles. The molecule has 0 spiro atoms. The van der Waals surface area contributed by atoms with E-state index in [1.165, 1.54) is 22.9 Å². The standard InChI is InChI=1S/C17H12ClF3N4O/c18-12-4-2-6-14(10-12)25-8-7-15(24-25)16(26)23-22-13-5-1-3-11(9-13)17(19,20)21/h1-10,22H,(H,23,26). The Morgan fingerprint density at radius 1 is 1.08 bits per heavy atom. The van der Waals surface area contributed by atoms with Gasteiger partial charge in [0.15, 0.2) is 5.69 Å². The van der Waals surface area contributed by atoms with Gasteiger partial charge in [0.1, 0.15) is 0 Å². The molecule has 0 aliphatic heterocycles. The molecule has 0 fully saturated rings. The van der Waals surface area contributed by atoms with E-state index in [0.717, 1.165) is 12.1 Å². The van der Waals surface area contributed by atoms with E-state index in [2.05, 4.69) is 16.0 Å². The Morgan fingerprint density at radius 3 is 2.58 bits per heavy atom. The number of alkyl halides is 3. The molecule has 9 heteroatoms. The van der Waals surface area contributed by atoms with Gasteiger partial charge in [0, 0.05) is 11.2 Å². The lowest BCUT2D eigenvalue weighted by Crippen LogP contribution is -2.29. The smallest absolute Gasteiger partial charge is 0.298 e. The minimum atomic E-state index is -4.46. The van der Waals surface area contributed by atoms with Gasteiger partial charge in [-0.25, -0.2) is 4.68 Å². The van der Waals surface area contributed by atoms with Gasteiger partial charge in [0.25, 0.3) is 5.91 Å². The molecule has 0 aliphatic rings. The fourth-order valence-corrected chi connectivity index (χ4v) is 2.36. The van der Waals surface area contributed by atoms with Crippen molar-refractivity contribution in [3.05, 3.63) is 77.1 Å². The molecular formula is C17H12ClF3N4O. The average molecular weight is 381 g/mol. The summed E-state index contributed by atoms with van der Waals surface area (Å²) >= 11 is 5.92. The zero-order chi connectivity index (χ0) is 18.7. The first-order valence-electron chi connectivity index (χ1n) is 7.38. The number of hydrogen-bond donors (Lipinski definition) is 2. The topological polar surface area (TPSA) is 59.0 Å². The number of amides is 1. The van der Waals surface area contributed by atoms with Crippen molar-refractivity contribution < 1.29 is 18.0 Å². The Kier molecular flexibility index (Phi) is 4.85. The maximum absolute atomic E-state index is 12.7. The molecule has 134 valence electrons. The summed E-state index contributed by atoms with van der Waals surface area (Å²) in [6.45, 7) is 0. The average Bonchev–Trinajstić information content (AvgIpc) is 3.09. The summed E-state index contributed by atoms with van der Waals surface area (Å²) in [7, 11) is 0. The summed E-state index contributed by atoms with van der Waals surface area (Å²) in [4.78, 5) is 12.1. The third-order valence-electron chi connectivity index (χ3n) is 3.40. The number of halogens is 4. The molecule has 0 unspecified atom stereocenters. The Bertz CT molecular complexity index is 940. The van der Waals surface area contributed by atoms with E-state index in [0.29, 0.717) is 10.7 Å². The molecule has 5 nitrogen and oxygen atoms in total. The summed E-state index contributed by atoms with van der Waals surface area (Å²) < 4.78 is 39.5. The zero-order valence-electron chi connectivity index (χ0n) is 13.1. The van der Waals surface area contributed by atoms with Crippen molar-refractivity contribution in [3.63, 3.8) is 0 Å². The monoisotopic (exact) mass is 380 g/mol. The summed E-state index contributed by atoms with van der Waals surface area (Å²) in [5, 5.41) is 4.64. The van der Waals surface area contributed by atoms with Crippen LogP contribution < -0.4 is 10.9 Å². The lowest BCUT2D eigenvalue weighted by atomic mass is 10.2. The first-order valence-corrected chi connectivity index (χ1v) is 7.76. The maximum Gasteiger partial charge on any atom is 0.416 e. The summed E-state index contributed by atoms with van der Waals surface area (Å²) in [5.41, 5.74) is 4.79. The molecule has 3 aromatic rings. The van der Waals surface area contributed by atoms with E-state index < -0.39 is 17.6 Å². The molecule has 26 heavy (non-hydrogen) atoms. The molecule has 0 aliphatic carbocycles. The van der Waals surface area contributed by atoms with Gasteiger partial charge in [-0.15, -0.1) is 0 Å². The highest BCUT2D eigenvalue weighted by molar-refractivity contribution is 6.30. The number of hydrogen-bond acceptors (Lipinski definition) is 3. The molecule has 0 bridgehead atoms. The van der Waals surface area contributed by atoms with E-state index in [1.807, 2.05) is 0 Å². The van der Waals surface area contributed by atoms with Crippen LogP contribution in [0.15, 0.2) is 60.8 Å². The Labute approximate surface area is 151 Å². The lowest BCUT2D eigenvalue weighted by Gasteiger charge is -2.10. The summed E-state index contributed by atoms with van der Waals surface area (Å²) in [5.74, 6) is -0.594. The number of carbonyl (C=O) groups excluding carboxylic acids is 1. The van der Waals surface area contributed by atoms with Crippen molar-refractivity contribution in [2.45, 2.75) is 6.18 Å². The fraction of sp³-hybridized carbons (Fsp3) is 0.0588. The van der Waals surface area contributed by atoms with Crippen LogP contribution in [0.1, 0.15) is 16.1 Å². The van der Waals surface area contributed by atoms with Gasteiger partial charge >= 0.3 is 6.18 Å². The van der Waals surface area contributed by atoms with E-state index in [1.54, 1.807) is 30.5 Å². The van der Waals surface area contributed by atoms with Gasteiger partial charge in [-0.1, -0.05) is 23.7 Å². The van der Waals surface area contributed by atoms with Gasteiger partial charge in [-0.2, -0.15) is 18.3 Å². The van der Waals surface area contributed by atoms with Crippen LogP contribution in [0.3, 0.4) is 0 Å². The first kappa shape index (κ1) is 17.8. The molecule has 1 amide bonds. The van der Waals surface area contributed by atoms with Crippen molar-refractivity contribution in [1.29, 1.82) is 0 Å². The van der Waals surface area contributed by atoms with E-state index in [-0.39, 0.29) is 11.4 Å². The second kappa shape index (κ2) is 7.09. The Balaban J connectivity index is 1.68. The third kappa shape index (κ3) is 4.15. The van der Waals surface area contributed by atoms with Gasteiger partial charge in [0.05, 0.1) is 16.9 Å². The lowest BCUT2D eigenvalue weighted by molar-refractivity contribution is -0.137. The Morgan fingerprint density at radius 2 is 1.85 bits per heavy atom. The normalized spacial score (nSPS) is 11.2. The highest BCUT2D eigenvalue weighted by atomic mass is 35.5. The van der Waals surface area contributed by atoms with E-state index in [4.69, 9.17) is 11.6 Å². The van der Waals surface area contributed by atoms with Crippen LogP contribution >= 0.6 is 11.6 Å². The van der Waals surface area contributed by atoms with E-state index in [9.17, 15) is 18.0 Å². The van der Waals surface area contributed by atoms with Crippen LogP contribution in [-0.2, 0) is 6.18 Å². The number of benzene rings is 2. The number of carbonyl (C=O) groups is 1. The highest BCUT2D eigenvalue weighted by Crippen LogP contribution is 2.30. The molecule has 1 heterocycles. The SMILES string of the molecule is O=C(NNc1cccc(C(F)(F)F)c1)c1ccn(-c2cccc(Cl)c2)n1. The van der Waals surface area contributed by atoms with Crippen LogP contribution in [0.2, 0.25) is 5.02 Å². The molecule has 2 aromatic carbocycles. The molecule has 0 atom stereocenters. The van der Waals surface area contributed by atoms with Crippen LogP contribution in [0.25, 0.3) is 5.69 Å². The quantitative estimate of drug-likeness (QED) is 0.663. The number of hydrazine groups is 1. The van der Waals surface area contributed by atoms with Crippen LogP contribution in [0.5, 0.6) is 0 Å². The summed E-state index contributed by atoms with van der Waals surface area (Å²) in [6, 6.07) is 12.9. The van der Waals surface area contributed by atoms with Crippen LogP contribution in [0.4, 0.5) is 18.9 Å². The fourth-order valence-electron chi connectivity index (χ4n) is 2.17. The minimum Gasteiger partial charge on any atom is -0.298 e. The molecule has 0 saturated carbocycles. The molecule has 0 radical (unpaired) electrons. The zero-order valence-corrected chi connectivity index (χ0v) is 13.8. The second-order valence-corrected chi connectivity index (χ2v) is 5.72. The summed E-state index contributed by atoms with van der Waals surface area (Å²) in [6.07, 6.45) is -2.89. The highest BCUT2D eigenvalue weighted by Gasteiger charge is 2.30. The molecule has 3 rings (SSSR count). The minimum absolute atomic E-state index is 0.0875. The number of rotatable bonds is 4. The number of aromatic nitrogens is 2. The van der Waals surface area contributed by atoms with Crippen molar-refractivity contribution in [1.82, 2.24) is 15.2 Å². The van der Waals surface area contributed by atoms with Gasteiger partial charge < -0.3 is 0 Å². The predicted octanol–water partition coefficient (Wildman–Crippen LogP) is 4.30. The molecule has 2 N–H and O–H groups in total. The molecule has 0 saturated heterocycles. The van der Waals surface area contributed by atoms with Crippen LogP contribution in [0, 0.1) is 0 Å². The van der Waals surface area contributed by atoms with Crippen molar-refractivity contribution in [2.24, 2.45) is 0 Å². The molecular weight excluding hydrogens is 369 g/mol. The van der Waals surface area contributed by atoms with Gasteiger partial charge in [-0.05, 0) is 42.5 Å². The Hall–Kier alpha value is -3.00. The van der Waals surface area contributed by atoms with Gasteiger partial charge in [-0.3, -0.25) is 15.6 Å².